The second-order valence-corrected chi connectivity index (χ2v) is 8.76. The Balaban J connectivity index is 1.84. The number of hydrogen-bond donors (Lipinski definition) is 3. The summed E-state index contributed by atoms with van der Waals surface area (Å²) < 4.78 is 5.79. The molecule has 0 radical (unpaired) electrons. The maximum Gasteiger partial charge on any atom is 0.169 e. The number of hydrogen-bond acceptors (Lipinski definition) is 5. The minimum atomic E-state index is -1.14. The van der Waals surface area contributed by atoms with Crippen LogP contribution in [0.25, 0.3) is 10.8 Å². The number of phenolic OH excluding ortho intramolecular Hbond substituents is 2. The maximum atomic E-state index is 12.4. The Morgan fingerprint density at radius 2 is 1.87 bits per heavy atom. The van der Waals surface area contributed by atoms with Gasteiger partial charge in [-0.25, -0.2) is 0 Å². The molecule has 2 aromatic carbocycles. The summed E-state index contributed by atoms with van der Waals surface area (Å²) in [5.74, 6) is -0.227. The van der Waals surface area contributed by atoms with Gasteiger partial charge in [0.1, 0.15) is 23.9 Å². The molecular weight excluding hydrogens is 380 g/mol. The molecule has 0 fully saturated rings. The van der Waals surface area contributed by atoms with E-state index in [0.717, 1.165) is 12.8 Å². The van der Waals surface area contributed by atoms with Crippen LogP contribution in [0.5, 0.6) is 17.2 Å². The number of ketones is 1. The highest BCUT2D eigenvalue weighted by molar-refractivity contribution is 6.09. The molecule has 0 heterocycles. The second-order valence-electron chi connectivity index (χ2n) is 8.76. The molecule has 0 aliphatic heterocycles. The molecule has 0 aromatic heterocycles. The third-order valence-corrected chi connectivity index (χ3v) is 5.41. The largest absolute Gasteiger partial charge is 0.507 e. The van der Waals surface area contributed by atoms with Crippen LogP contribution in [0, 0.1) is 0 Å². The minimum absolute atomic E-state index is 0.0552. The van der Waals surface area contributed by atoms with Crippen LogP contribution in [0.15, 0.2) is 41.5 Å². The quantitative estimate of drug-likeness (QED) is 0.570. The van der Waals surface area contributed by atoms with E-state index in [9.17, 15) is 20.1 Å². The summed E-state index contributed by atoms with van der Waals surface area (Å²) in [5, 5.41) is 32.3. The maximum absolute atomic E-state index is 12.4. The van der Waals surface area contributed by atoms with Crippen LogP contribution in [0.1, 0.15) is 62.9 Å². The summed E-state index contributed by atoms with van der Waals surface area (Å²) in [4.78, 5) is 12.4. The monoisotopic (exact) mass is 410 g/mol. The Hall–Kier alpha value is -2.79. The molecular formula is C25H30O5. The van der Waals surface area contributed by atoms with E-state index in [-0.39, 0.29) is 41.1 Å². The molecule has 0 amide bonds. The van der Waals surface area contributed by atoms with E-state index in [2.05, 4.69) is 26.8 Å². The molecule has 1 atom stereocenters. The molecule has 1 aliphatic carbocycles. The van der Waals surface area contributed by atoms with Crippen LogP contribution in [-0.4, -0.2) is 33.3 Å². The van der Waals surface area contributed by atoms with E-state index < -0.39 is 5.60 Å². The zero-order valence-electron chi connectivity index (χ0n) is 18.1. The van der Waals surface area contributed by atoms with Crippen LogP contribution < -0.4 is 4.74 Å². The van der Waals surface area contributed by atoms with Gasteiger partial charge in [-0.3, -0.25) is 4.79 Å². The molecule has 0 unspecified atom stereocenters. The SMILES string of the molecule is CC(C)=CCC/C(C)=C/COc1cc(O)c2c(O)c3c(cc2c1)C[C@](C)(O)CC3=O. The fraction of sp³-hybridized carbons (Fsp3) is 0.400. The number of carbonyl (C=O) groups excluding carboxylic acids is 1. The number of fused-ring (bicyclic) bond motifs is 2. The van der Waals surface area contributed by atoms with Gasteiger partial charge in [0.2, 0.25) is 0 Å². The number of aromatic hydroxyl groups is 2. The average Bonchev–Trinajstić information content (AvgIpc) is 2.59. The van der Waals surface area contributed by atoms with Gasteiger partial charge >= 0.3 is 0 Å². The lowest BCUT2D eigenvalue weighted by Gasteiger charge is -2.29. The van der Waals surface area contributed by atoms with Crippen molar-refractivity contribution >= 4 is 16.6 Å². The zero-order valence-corrected chi connectivity index (χ0v) is 18.1. The first-order valence-corrected chi connectivity index (χ1v) is 10.3. The van der Waals surface area contributed by atoms with Crippen molar-refractivity contribution < 1.29 is 24.9 Å². The predicted molar refractivity (Wildman–Crippen MR) is 118 cm³/mol. The van der Waals surface area contributed by atoms with Crippen molar-refractivity contribution in [3.8, 4) is 17.2 Å². The van der Waals surface area contributed by atoms with Crippen molar-refractivity contribution in [3.05, 3.63) is 52.6 Å². The van der Waals surface area contributed by atoms with Crippen LogP contribution in [-0.2, 0) is 6.42 Å². The third kappa shape index (κ3) is 4.85. The van der Waals surface area contributed by atoms with Crippen LogP contribution >= 0.6 is 0 Å². The van der Waals surface area contributed by atoms with Gasteiger partial charge in [0.25, 0.3) is 0 Å². The van der Waals surface area contributed by atoms with Crippen molar-refractivity contribution in [2.75, 3.05) is 6.61 Å². The number of benzene rings is 2. The molecule has 160 valence electrons. The molecule has 5 nitrogen and oxygen atoms in total. The summed E-state index contributed by atoms with van der Waals surface area (Å²) in [7, 11) is 0. The van der Waals surface area contributed by atoms with E-state index in [1.165, 1.54) is 17.2 Å². The molecule has 5 heteroatoms. The lowest BCUT2D eigenvalue weighted by atomic mass is 9.79. The van der Waals surface area contributed by atoms with Crippen molar-refractivity contribution in [3.63, 3.8) is 0 Å². The highest BCUT2D eigenvalue weighted by Gasteiger charge is 2.35. The Kier molecular flexibility index (Phi) is 6.22. The third-order valence-electron chi connectivity index (χ3n) is 5.41. The molecule has 0 spiro atoms. The van der Waals surface area contributed by atoms with Crippen molar-refractivity contribution in [1.29, 1.82) is 0 Å². The van der Waals surface area contributed by atoms with Gasteiger partial charge in [0, 0.05) is 18.9 Å². The van der Waals surface area contributed by atoms with Crippen LogP contribution in [0.2, 0.25) is 0 Å². The second kappa shape index (κ2) is 8.52. The highest BCUT2D eigenvalue weighted by Crippen LogP contribution is 2.43. The molecule has 0 saturated carbocycles. The van der Waals surface area contributed by atoms with E-state index in [4.69, 9.17) is 4.74 Å². The van der Waals surface area contributed by atoms with E-state index in [1.807, 2.05) is 6.08 Å². The fourth-order valence-corrected chi connectivity index (χ4v) is 3.94. The lowest BCUT2D eigenvalue weighted by Crippen LogP contribution is -2.35. The highest BCUT2D eigenvalue weighted by atomic mass is 16.5. The minimum Gasteiger partial charge on any atom is -0.507 e. The fourth-order valence-electron chi connectivity index (χ4n) is 3.94. The first-order valence-electron chi connectivity index (χ1n) is 10.3. The smallest absolute Gasteiger partial charge is 0.169 e. The predicted octanol–water partition coefficient (Wildman–Crippen LogP) is 5.20. The van der Waals surface area contributed by atoms with Gasteiger partial charge < -0.3 is 20.1 Å². The molecule has 0 bridgehead atoms. The van der Waals surface area contributed by atoms with Crippen molar-refractivity contribution in [1.82, 2.24) is 0 Å². The number of carbonyl (C=O) groups is 1. The topological polar surface area (TPSA) is 87.0 Å². The van der Waals surface area contributed by atoms with Gasteiger partial charge in [-0.05, 0) is 69.7 Å². The van der Waals surface area contributed by atoms with Crippen LogP contribution in [0.3, 0.4) is 0 Å². The normalized spacial score (nSPS) is 19.0. The van der Waals surface area contributed by atoms with E-state index >= 15 is 0 Å². The summed E-state index contributed by atoms with van der Waals surface area (Å²) >= 11 is 0. The average molecular weight is 411 g/mol. The molecule has 3 rings (SSSR count). The first-order chi connectivity index (χ1) is 14.1. The van der Waals surface area contributed by atoms with Crippen molar-refractivity contribution in [2.45, 2.75) is 59.0 Å². The molecule has 30 heavy (non-hydrogen) atoms. The molecule has 3 N–H and O–H groups in total. The lowest BCUT2D eigenvalue weighted by molar-refractivity contribution is 0.0409. The van der Waals surface area contributed by atoms with Gasteiger partial charge in [-0.2, -0.15) is 0 Å². The Morgan fingerprint density at radius 3 is 2.57 bits per heavy atom. The number of ether oxygens (including phenoxy) is 1. The molecule has 0 saturated heterocycles. The summed E-state index contributed by atoms with van der Waals surface area (Å²) in [6.07, 6.45) is 6.38. The standard InChI is InChI=1S/C25H30O5/c1-15(2)6-5-7-16(3)8-9-30-19-11-17-10-18-13-25(4,29)14-21(27)23(18)24(28)22(17)20(26)12-19/h6,8,10-12,26,28-29H,5,7,9,13-14H2,1-4H3/b16-8+/t25-/m0/s1. The molecule has 1 aliphatic rings. The number of Topliss-reactive ketones (excluding diaryl/α,β-unsaturated/α-hetero) is 1. The van der Waals surface area contributed by atoms with Gasteiger partial charge in [0.05, 0.1) is 16.6 Å². The summed E-state index contributed by atoms with van der Waals surface area (Å²) in [5.41, 5.74) is 2.15. The summed E-state index contributed by atoms with van der Waals surface area (Å²) in [6.45, 7) is 8.21. The Morgan fingerprint density at radius 1 is 1.13 bits per heavy atom. The van der Waals surface area contributed by atoms with Gasteiger partial charge in [-0.1, -0.05) is 17.2 Å². The number of rotatable bonds is 6. The first kappa shape index (κ1) is 21.9. The Labute approximate surface area is 177 Å². The number of phenols is 2. The Bertz CT molecular complexity index is 1040. The number of aliphatic hydroxyl groups is 1. The van der Waals surface area contributed by atoms with Gasteiger partial charge in [0.15, 0.2) is 5.78 Å². The van der Waals surface area contributed by atoms with E-state index in [0.29, 0.717) is 23.3 Å². The van der Waals surface area contributed by atoms with Gasteiger partial charge in [-0.15, -0.1) is 0 Å². The number of allylic oxidation sites excluding steroid dienone is 3. The zero-order chi connectivity index (χ0) is 22.1. The van der Waals surface area contributed by atoms with E-state index in [1.54, 1.807) is 19.1 Å². The van der Waals surface area contributed by atoms with Crippen molar-refractivity contribution in [2.24, 2.45) is 0 Å². The molecule has 2 aromatic rings. The van der Waals surface area contributed by atoms with Crippen LogP contribution in [0.4, 0.5) is 0 Å². The summed E-state index contributed by atoms with van der Waals surface area (Å²) in [6, 6.07) is 4.92.